The molecule has 0 bridgehead atoms. The summed E-state index contributed by atoms with van der Waals surface area (Å²) in [6.45, 7) is 3.76. The Kier molecular flexibility index (Phi) is 10.1. The summed E-state index contributed by atoms with van der Waals surface area (Å²) >= 11 is 0. The lowest BCUT2D eigenvalue weighted by Gasteiger charge is -2.27. The van der Waals surface area contributed by atoms with Gasteiger partial charge in [-0.2, -0.15) is 0 Å². The first-order chi connectivity index (χ1) is 10.8. The van der Waals surface area contributed by atoms with Crippen molar-refractivity contribution < 1.29 is 8.85 Å². The van der Waals surface area contributed by atoms with E-state index in [0.29, 0.717) is 0 Å². The number of allylic oxidation sites excluding steroid dienone is 1. The summed E-state index contributed by atoms with van der Waals surface area (Å²) in [5.41, 5.74) is 0. The molecular weight excluding hydrogens is 288 g/mol. The minimum absolute atomic E-state index is 1.04. The number of hydrogen-bond donors (Lipinski definition) is 0. The normalized spacial score (nSPS) is 11.5. The molecule has 0 amide bonds. The van der Waals surface area contributed by atoms with Crippen LogP contribution in [0.1, 0.15) is 51.4 Å². The molecule has 0 radical (unpaired) electrons. The average molecular weight is 321 g/mol. The van der Waals surface area contributed by atoms with Crippen molar-refractivity contribution in [2.75, 3.05) is 14.2 Å². The highest BCUT2D eigenvalue weighted by atomic mass is 28.4. The zero-order valence-electron chi connectivity index (χ0n) is 14.4. The highest BCUT2D eigenvalue weighted by molar-refractivity contribution is 6.81. The van der Waals surface area contributed by atoms with Gasteiger partial charge in [-0.15, -0.1) is 6.58 Å². The van der Waals surface area contributed by atoms with Crippen LogP contribution in [-0.4, -0.2) is 22.8 Å². The topological polar surface area (TPSA) is 18.5 Å². The van der Waals surface area contributed by atoms with Crippen LogP contribution < -0.4 is 5.19 Å². The van der Waals surface area contributed by atoms with Crippen molar-refractivity contribution in [2.45, 2.75) is 57.4 Å². The van der Waals surface area contributed by atoms with Crippen molar-refractivity contribution in [1.82, 2.24) is 0 Å². The number of hydrogen-bond acceptors (Lipinski definition) is 2. The Morgan fingerprint density at radius 2 is 1.41 bits per heavy atom. The van der Waals surface area contributed by atoms with Gasteiger partial charge in [0.05, 0.1) is 0 Å². The average Bonchev–Trinajstić information content (AvgIpc) is 2.58. The summed E-state index contributed by atoms with van der Waals surface area (Å²) in [5, 5.41) is 1.24. The van der Waals surface area contributed by atoms with Gasteiger partial charge in [0.15, 0.2) is 0 Å². The SMILES string of the molecule is C=CCCCCCCCCC[Si](OC)(OC)c1ccccc1. The molecule has 0 spiro atoms. The molecule has 3 heteroatoms. The van der Waals surface area contributed by atoms with E-state index in [9.17, 15) is 0 Å². The Labute approximate surface area is 137 Å². The van der Waals surface area contributed by atoms with E-state index in [1.54, 1.807) is 14.2 Å². The summed E-state index contributed by atoms with van der Waals surface area (Å²) in [7, 11) is 1.37. The standard InChI is InChI=1S/C19H32O2Si/c1-4-5-6-7-8-9-10-11-15-18-22(20-2,21-3)19-16-13-12-14-17-19/h4,12-14,16-17H,1,5-11,15,18H2,2-3H3. The molecule has 0 unspecified atom stereocenters. The van der Waals surface area contributed by atoms with Crippen molar-refractivity contribution >= 4 is 13.7 Å². The minimum atomic E-state index is -2.22. The van der Waals surface area contributed by atoms with Crippen LogP contribution in [0.15, 0.2) is 43.0 Å². The van der Waals surface area contributed by atoms with Crippen LogP contribution in [0.25, 0.3) is 0 Å². The minimum Gasteiger partial charge on any atom is -0.394 e. The third-order valence-corrected chi connectivity index (χ3v) is 7.83. The van der Waals surface area contributed by atoms with E-state index in [2.05, 4.69) is 30.8 Å². The zero-order valence-corrected chi connectivity index (χ0v) is 15.4. The maximum atomic E-state index is 5.85. The van der Waals surface area contributed by atoms with Gasteiger partial charge in [0.25, 0.3) is 0 Å². The molecule has 0 aliphatic heterocycles. The molecular formula is C19H32O2Si. The first-order valence-corrected chi connectivity index (χ1v) is 10.6. The van der Waals surface area contributed by atoms with Gasteiger partial charge in [-0.3, -0.25) is 0 Å². The molecule has 0 aliphatic rings. The van der Waals surface area contributed by atoms with E-state index in [1.807, 2.05) is 12.1 Å². The van der Waals surface area contributed by atoms with E-state index in [1.165, 1.54) is 50.1 Å². The number of rotatable bonds is 13. The molecule has 1 aromatic carbocycles. The predicted molar refractivity (Wildman–Crippen MR) is 97.8 cm³/mol. The summed E-state index contributed by atoms with van der Waals surface area (Å²) in [4.78, 5) is 0. The molecule has 0 saturated heterocycles. The molecule has 0 saturated carbocycles. The fourth-order valence-electron chi connectivity index (χ4n) is 2.89. The molecule has 0 N–H and O–H groups in total. The van der Waals surface area contributed by atoms with Gasteiger partial charge in [0.1, 0.15) is 0 Å². The van der Waals surface area contributed by atoms with Crippen molar-refractivity contribution in [2.24, 2.45) is 0 Å². The molecule has 1 aromatic rings. The van der Waals surface area contributed by atoms with Gasteiger partial charge in [-0.1, -0.05) is 74.9 Å². The second kappa shape index (κ2) is 11.6. The van der Waals surface area contributed by atoms with Crippen LogP contribution in [0, 0.1) is 0 Å². The maximum absolute atomic E-state index is 5.85. The van der Waals surface area contributed by atoms with Crippen LogP contribution >= 0.6 is 0 Å². The Morgan fingerprint density at radius 3 is 1.95 bits per heavy atom. The molecule has 0 aromatic heterocycles. The predicted octanol–water partition coefficient (Wildman–Crippen LogP) is 4.94. The highest BCUT2D eigenvalue weighted by Gasteiger charge is 2.37. The van der Waals surface area contributed by atoms with Gasteiger partial charge < -0.3 is 8.85 Å². The summed E-state index contributed by atoms with van der Waals surface area (Å²) in [6.07, 6.45) is 12.3. The van der Waals surface area contributed by atoms with Gasteiger partial charge in [0.2, 0.25) is 0 Å². The van der Waals surface area contributed by atoms with Crippen LogP contribution in [0.4, 0.5) is 0 Å². The third-order valence-electron chi connectivity index (χ3n) is 4.29. The van der Waals surface area contributed by atoms with Crippen LogP contribution in [0.5, 0.6) is 0 Å². The first kappa shape index (κ1) is 19.1. The summed E-state index contributed by atoms with van der Waals surface area (Å²) in [6, 6.07) is 11.5. The smallest absolute Gasteiger partial charge is 0.371 e. The molecule has 0 aliphatic carbocycles. The zero-order chi connectivity index (χ0) is 16.1. The van der Waals surface area contributed by atoms with Crippen molar-refractivity contribution in [3.8, 4) is 0 Å². The maximum Gasteiger partial charge on any atom is 0.371 e. The molecule has 0 heterocycles. The monoisotopic (exact) mass is 320 g/mol. The Balaban J connectivity index is 2.27. The summed E-state index contributed by atoms with van der Waals surface area (Å²) < 4.78 is 11.7. The first-order valence-electron chi connectivity index (χ1n) is 8.56. The molecule has 124 valence electrons. The van der Waals surface area contributed by atoms with Crippen LogP contribution in [-0.2, 0) is 8.85 Å². The van der Waals surface area contributed by atoms with Gasteiger partial charge in [0, 0.05) is 14.2 Å². The van der Waals surface area contributed by atoms with E-state index >= 15 is 0 Å². The fourth-order valence-corrected chi connectivity index (χ4v) is 5.64. The van der Waals surface area contributed by atoms with Crippen LogP contribution in [0.2, 0.25) is 6.04 Å². The van der Waals surface area contributed by atoms with E-state index < -0.39 is 8.56 Å². The highest BCUT2D eigenvalue weighted by Crippen LogP contribution is 2.18. The molecule has 1 rings (SSSR count). The Morgan fingerprint density at radius 1 is 0.864 bits per heavy atom. The van der Waals surface area contributed by atoms with E-state index in [-0.39, 0.29) is 0 Å². The van der Waals surface area contributed by atoms with Crippen molar-refractivity contribution in [1.29, 1.82) is 0 Å². The summed E-state index contributed by atoms with van der Waals surface area (Å²) in [5.74, 6) is 0. The van der Waals surface area contributed by atoms with Gasteiger partial charge in [-0.25, -0.2) is 0 Å². The Hall–Kier alpha value is -0.903. The van der Waals surface area contributed by atoms with Gasteiger partial charge in [-0.05, 0) is 24.1 Å². The van der Waals surface area contributed by atoms with Crippen LogP contribution in [0.3, 0.4) is 0 Å². The van der Waals surface area contributed by atoms with Crippen molar-refractivity contribution in [3.05, 3.63) is 43.0 Å². The van der Waals surface area contributed by atoms with E-state index in [4.69, 9.17) is 8.85 Å². The Bertz CT molecular complexity index is 388. The molecule has 22 heavy (non-hydrogen) atoms. The van der Waals surface area contributed by atoms with E-state index in [0.717, 1.165) is 12.5 Å². The molecule has 2 nitrogen and oxygen atoms in total. The molecule has 0 fully saturated rings. The lowest BCUT2D eigenvalue weighted by atomic mass is 10.1. The van der Waals surface area contributed by atoms with Crippen molar-refractivity contribution in [3.63, 3.8) is 0 Å². The third kappa shape index (κ3) is 6.47. The number of unbranched alkanes of at least 4 members (excludes halogenated alkanes) is 7. The largest absolute Gasteiger partial charge is 0.394 e. The molecule has 0 atom stereocenters. The van der Waals surface area contributed by atoms with Gasteiger partial charge >= 0.3 is 8.56 Å². The lowest BCUT2D eigenvalue weighted by Crippen LogP contribution is -2.52. The second-order valence-corrected chi connectivity index (χ2v) is 9.23. The quantitative estimate of drug-likeness (QED) is 0.291. The fraction of sp³-hybridized carbons (Fsp3) is 0.579. The number of benzene rings is 1. The lowest BCUT2D eigenvalue weighted by molar-refractivity contribution is 0.256. The second-order valence-electron chi connectivity index (χ2n) is 5.83.